The number of nitrogens with zero attached hydrogens (tertiary/aromatic N) is 2. The van der Waals surface area contributed by atoms with Crippen LogP contribution in [0.25, 0.3) is 0 Å². The van der Waals surface area contributed by atoms with E-state index >= 15 is 0 Å². The Labute approximate surface area is 221 Å². The van der Waals surface area contributed by atoms with Gasteiger partial charge in [0.15, 0.2) is 0 Å². The highest BCUT2D eigenvalue weighted by atomic mass is 16.5. The third kappa shape index (κ3) is 5.28. The molecule has 9 nitrogen and oxygen atoms in total. The molecular weight excluding hydrogens is 484 g/mol. The van der Waals surface area contributed by atoms with E-state index in [-0.39, 0.29) is 23.3 Å². The first-order chi connectivity index (χ1) is 18.5. The third-order valence-electron chi connectivity index (χ3n) is 7.27. The van der Waals surface area contributed by atoms with E-state index in [0.717, 1.165) is 24.3 Å². The highest BCUT2D eigenvalue weighted by Gasteiger charge is 2.35. The maximum Gasteiger partial charge on any atom is 0.255 e. The minimum atomic E-state index is -0.278. The van der Waals surface area contributed by atoms with Crippen LogP contribution in [0.15, 0.2) is 65.5 Å². The molecule has 1 saturated heterocycles. The highest BCUT2D eigenvalue weighted by Crippen LogP contribution is 2.39. The summed E-state index contributed by atoms with van der Waals surface area (Å²) >= 11 is 0. The normalized spacial score (nSPS) is 17.9. The van der Waals surface area contributed by atoms with E-state index in [1.54, 1.807) is 56.7 Å². The molecule has 2 bridgehead atoms. The molecule has 0 aliphatic carbocycles. The number of aromatic nitrogens is 1. The number of fused-ring (bicyclic) bond motifs is 4. The molecular formula is C29H32N4O5. The first-order valence-corrected chi connectivity index (χ1v) is 12.8. The fourth-order valence-corrected chi connectivity index (χ4v) is 5.45. The van der Waals surface area contributed by atoms with E-state index in [0.29, 0.717) is 54.7 Å². The van der Waals surface area contributed by atoms with Crippen molar-refractivity contribution in [3.63, 3.8) is 0 Å². The van der Waals surface area contributed by atoms with E-state index in [4.69, 9.17) is 9.47 Å². The van der Waals surface area contributed by atoms with Gasteiger partial charge in [-0.25, -0.2) is 0 Å². The number of hydrogen-bond donors (Lipinski definition) is 2. The Morgan fingerprint density at radius 1 is 0.947 bits per heavy atom. The molecule has 0 unspecified atom stereocenters. The summed E-state index contributed by atoms with van der Waals surface area (Å²) in [5.74, 6) is 0.663. The van der Waals surface area contributed by atoms with E-state index in [1.807, 2.05) is 22.8 Å². The molecule has 2 amide bonds. The summed E-state index contributed by atoms with van der Waals surface area (Å²) in [6, 6.07) is 17.8. The second kappa shape index (κ2) is 11.1. The summed E-state index contributed by atoms with van der Waals surface area (Å²) < 4.78 is 12.1. The van der Waals surface area contributed by atoms with Gasteiger partial charge in [-0.15, -0.1) is 0 Å². The van der Waals surface area contributed by atoms with Crippen LogP contribution in [0, 0.1) is 5.92 Å². The molecule has 9 heteroatoms. The number of amides is 2. The molecule has 2 N–H and O–H groups in total. The predicted molar refractivity (Wildman–Crippen MR) is 145 cm³/mol. The van der Waals surface area contributed by atoms with Gasteiger partial charge in [0.2, 0.25) is 0 Å². The molecule has 38 heavy (non-hydrogen) atoms. The van der Waals surface area contributed by atoms with E-state index < -0.39 is 0 Å². The monoisotopic (exact) mass is 516 g/mol. The molecule has 0 saturated carbocycles. The molecule has 3 aromatic rings. The number of methoxy groups -OCH3 is 2. The predicted octanol–water partition coefficient (Wildman–Crippen LogP) is 3.11. The zero-order chi connectivity index (χ0) is 26.6. The van der Waals surface area contributed by atoms with Gasteiger partial charge in [0, 0.05) is 62.1 Å². The number of pyridine rings is 1. The van der Waals surface area contributed by atoms with Gasteiger partial charge in [-0.2, -0.15) is 0 Å². The van der Waals surface area contributed by atoms with Crippen molar-refractivity contribution in [2.75, 3.05) is 50.7 Å². The molecule has 1 aromatic heterocycles. The molecule has 5 rings (SSSR count). The van der Waals surface area contributed by atoms with Crippen LogP contribution in [0.1, 0.15) is 38.7 Å². The largest absolute Gasteiger partial charge is 0.497 e. The number of rotatable bonds is 8. The molecule has 0 spiro atoms. The Morgan fingerprint density at radius 3 is 2.50 bits per heavy atom. The van der Waals surface area contributed by atoms with Crippen LogP contribution >= 0.6 is 0 Å². The summed E-state index contributed by atoms with van der Waals surface area (Å²) in [5, 5.41) is 5.87. The molecule has 2 aliphatic rings. The van der Waals surface area contributed by atoms with Crippen molar-refractivity contribution in [2.45, 2.75) is 18.9 Å². The zero-order valence-electron chi connectivity index (χ0n) is 21.6. The van der Waals surface area contributed by atoms with Crippen molar-refractivity contribution in [3.05, 3.63) is 87.8 Å². The number of nitrogens with one attached hydrogen (secondary N) is 2. The zero-order valence-corrected chi connectivity index (χ0v) is 21.6. The average Bonchev–Trinajstić information content (AvgIpc) is 2.93. The van der Waals surface area contributed by atoms with Crippen molar-refractivity contribution in [3.8, 4) is 5.75 Å². The van der Waals surface area contributed by atoms with Gasteiger partial charge in [0.1, 0.15) is 5.75 Å². The molecule has 1 fully saturated rings. The van der Waals surface area contributed by atoms with Gasteiger partial charge in [-0.3, -0.25) is 14.4 Å². The Bertz CT molecular complexity index is 1380. The SMILES string of the molecule is COCCNC(=O)c1ccc(N2C[C@H]3C[C@@H](C2)c2cccc(=O)n2C3)c(NC(=O)c2ccc(OC)cc2)c1. The summed E-state index contributed by atoms with van der Waals surface area (Å²) in [7, 11) is 3.16. The van der Waals surface area contributed by atoms with Crippen molar-refractivity contribution >= 4 is 23.2 Å². The Balaban J connectivity index is 1.45. The van der Waals surface area contributed by atoms with Crippen molar-refractivity contribution in [1.29, 1.82) is 0 Å². The van der Waals surface area contributed by atoms with Gasteiger partial charge in [-0.05, 0) is 60.9 Å². The fraction of sp³-hybridized carbons (Fsp3) is 0.345. The third-order valence-corrected chi connectivity index (χ3v) is 7.27. The lowest BCUT2D eigenvalue weighted by molar-refractivity contribution is 0.0936. The molecule has 2 atom stereocenters. The minimum absolute atomic E-state index is 0.0435. The fourth-order valence-electron chi connectivity index (χ4n) is 5.45. The maximum absolute atomic E-state index is 13.2. The molecule has 2 aromatic carbocycles. The summed E-state index contributed by atoms with van der Waals surface area (Å²) in [6.45, 7) is 2.94. The van der Waals surface area contributed by atoms with Crippen LogP contribution in [0.2, 0.25) is 0 Å². The number of carbonyl (C=O) groups excluding carboxylic acids is 2. The van der Waals surface area contributed by atoms with Crippen molar-refractivity contribution in [1.82, 2.24) is 9.88 Å². The number of carbonyl (C=O) groups is 2. The number of hydrogen-bond acceptors (Lipinski definition) is 6. The van der Waals surface area contributed by atoms with Gasteiger partial charge in [-0.1, -0.05) is 6.07 Å². The average molecular weight is 517 g/mol. The summed E-state index contributed by atoms with van der Waals surface area (Å²) in [6.07, 6.45) is 1.02. The lowest BCUT2D eigenvalue weighted by Crippen LogP contribution is -2.47. The van der Waals surface area contributed by atoms with Crippen LogP contribution in [0.5, 0.6) is 5.75 Å². The van der Waals surface area contributed by atoms with E-state index in [1.165, 1.54) is 0 Å². The molecule has 2 aliphatic heterocycles. The molecule has 0 radical (unpaired) electrons. The number of anilines is 2. The quantitative estimate of drug-likeness (QED) is 0.446. The maximum atomic E-state index is 13.2. The standard InChI is InChI=1S/C29H32N4O5/c1-37-13-12-30-28(35)21-8-11-26(24(15-21)31-29(36)20-6-9-23(38-2)10-7-20)32-16-19-14-22(18-32)25-4-3-5-27(34)33(25)17-19/h3-11,15,19,22H,12-14,16-18H2,1-2H3,(H,30,35)(H,31,36)/t19-,22+/m1/s1. The van der Waals surface area contributed by atoms with E-state index in [2.05, 4.69) is 15.5 Å². The first-order valence-electron chi connectivity index (χ1n) is 12.8. The van der Waals surface area contributed by atoms with Crippen LogP contribution in [-0.4, -0.2) is 56.8 Å². The van der Waals surface area contributed by atoms with Gasteiger partial charge >= 0.3 is 0 Å². The van der Waals surface area contributed by atoms with Crippen molar-refractivity contribution < 1.29 is 19.1 Å². The number of ether oxygens (including phenoxy) is 2. The second-order valence-electron chi connectivity index (χ2n) is 9.77. The highest BCUT2D eigenvalue weighted by molar-refractivity contribution is 6.07. The van der Waals surface area contributed by atoms with E-state index in [9.17, 15) is 14.4 Å². The van der Waals surface area contributed by atoms with Crippen LogP contribution in [0.3, 0.4) is 0 Å². The number of benzene rings is 2. The minimum Gasteiger partial charge on any atom is -0.497 e. The van der Waals surface area contributed by atoms with Gasteiger partial charge in [0.05, 0.1) is 25.1 Å². The second-order valence-corrected chi connectivity index (χ2v) is 9.77. The lowest BCUT2D eigenvalue weighted by Gasteiger charge is -2.44. The van der Waals surface area contributed by atoms with Crippen molar-refractivity contribution in [2.24, 2.45) is 5.92 Å². The van der Waals surface area contributed by atoms with Crippen LogP contribution in [-0.2, 0) is 11.3 Å². The first kappa shape index (κ1) is 25.5. The summed E-state index contributed by atoms with van der Waals surface area (Å²) in [5.41, 5.74) is 3.44. The molecule has 3 heterocycles. The Kier molecular flexibility index (Phi) is 7.46. The van der Waals surface area contributed by atoms with Crippen LogP contribution in [0.4, 0.5) is 11.4 Å². The molecule has 198 valence electrons. The Morgan fingerprint density at radius 2 is 1.74 bits per heavy atom. The smallest absolute Gasteiger partial charge is 0.255 e. The van der Waals surface area contributed by atoms with Gasteiger partial charge < -0.3 is 29.6 Å². The van der Waals surface area contributed by atoms with Gasteiger partial charge in [0.25, 0.3) is 17.4 Å². The number of piperidine rings is 1. The van der Waals surface area contributed by atoms with Crippen LogP contribution < -0.4 is 25.8 Å². The Hall–Kier alpha value is -4.11. The topological polar surface area (TPSA) is 102 Å². The lowest BCUT2D eigenvalue weighted by atomic mass is 9.83. The summed E-state index contributed by atoms with van der Waals surface area (Å²) in [4.78, 5) is 40.7.